The number of carbonyl (C=O) groups excluding carboxylic acids is 3. The molecule has 3 aromatic rings. The number of benzene rings is 3. The second-order valence-corrected chi connectivity index (χ2v) is 7.76. The van der Waals surface area contributed by atoms with Crippen molar-refractivity contribution in [1.29, 1.82) is 0 Å². The fraction of sp³-hybridized carbons (Fsp3) is 0.0800. The summed E-state index contributed by atoms with van der Waals surface area (Å²) in [5.41, 5.74) is 2.00. The minimum atomic E-state index is -0.810. The molecule has 166 valence electrons. The van der Waals surface area contributed by atoms with Gasteiger partial charge in [0.25, 0.3) is 11.8 Å². The Hall–Kier alpha value is -3.97. The fourth-order valence-corrected chi connectivity index (χ4v) is 3.61. The van der Waals surface area contributed by atoms with E-state index >= 15 is 0 Å². The maximum Gasteiger partial charge on any atom is 0.335 e. The van der Waals surface area contributed by atoms with Crippen LogP contribution in [0.4, 0.5) is 14.9 Å². The molecule has 1 heterocycles. The lowest BCUT2D eigenvalue weighted by Gasteiger charge is -2.27. The summed E-state index contributed by atoms with van der Waals surface area (Å²) in [6.07, 6.45) is 1.36. The average Bonchev–Trinajstić information content (AvgIpc) is 2.77. The number of aryl methyl sites for hydroxylation is 1. The number of hydrogen-bond acceptors (Lipinski definition) is 4. The number of ether oxygens (including phenoxy) is 1. The molecule has 33 heavy (non-hydrogen) atoms. The van der Waals surface area contributed by atoms with Gasteiger partial charge in [-0.15, -0.1) is 0 Å². The largest absolute Gasteiger partial charge is 0.487 e. The van der Waals surface area contributed by atoms with Gasteiger partial charge in [-0.3, -0.25) is 14.9 Å². The van der Waals surface area contributed by atoms with Crippen LogP contribution in [0, 0.1) is 12.7 Å². The van der Waals surface area contributed by atoms with Crippen LogP contribution < -0.4 is 15.0 Å². The quantitative estimate of drug-likeness (QED) is 0.424. The van der Waals surface area contributed by atoms with Crippen LogP contribution >= 0.6 is 11.6 Å². The van der Waals surface area contributed by atoms with Crippen molar-refractivity contribution in [3.05, 3.63) is 99.8 Å². The van der Waals surface area contributed by atoms with Gasteiger partial charge >= 0.3 is 6.03 Å². The van der Waals surface area contributed by atoms with Crippen molar-refractivity contribution < 1.29 is 23.5 Å². The molecule has 1 fully saturated rings. The molecule has 6 nitrogen and oxygen atoms in total. The number of urea groups is 1. The van der Waals surface area contributed by atoms with Gasteiger partial charge in [-0.05, 0) is 60.0 Å². The van der Waals surface area contributed by atoms with E-state index in [1.807, 2.05) is 0 Å². The Labute approximate surface area is 194 Å². The van der Waals surface area contributed by atoms with Crippen LogP contribution in [0.25, 0.3) is 6.08 Å². The zero-order valence-electron chi connectivity index (χ0n) is 17.5. The van der Waals surface area contributed by atoms with E-state index in [0.717, 1.165) is 4.90 Å². The van der Waals surface area contributed by atoms with Crippen LogP contribution in [-0.2, 0) is 16.2 Å². The first-order valence-electron chi connectivity index (χ1n) is 9.97. The molecule has 4 rings (SSSR count). The van der Waals surface area contributed by atoms with Gasteiger partial charge in [-0.2, -0.15) is 0 Å². The summed E-state index contributed by atoms with van der Waals surface area (Å²) in [5, 5.41) is 2.44. The highest BCUT2D eigenvalue weighted by atomic mass is 35.5. The van der Waals surface area contributed by atoms with E-state index < -0.39 is 17.8 Å². The number of barbiturate groups is 1. The fourth-order valence-electron chi connectivity index (χ4n) is 3.37. The Kier molecular flexibility index (Phi) is 6.24. The van der Waals surface area contributed by atoms with Crippen molar-refractivity contribution >= 4 is 41.2 Å². The average molecular weight is 465 g/mol. The number of carbonyl (C=O) groups is 3. The molecular formula is C25H18ClFN2O4. The number of imide groups is 2. The molecule has 0 aromatic heterocycles. The third-order valence-corrected chi connectivity index (χ3v) is 5.30. The molecule has 4 amide bonds. The lowest BCUT2D eigenvalue weighted by molar-refractivity contribution is -0.122. The molecular weight excluding hydrogens is 447 g/mol. The van der Waals surface area contributed by atoms with E-state index in [0.29, 0.717) is 28.1 Å². The summed E-state index contributed by atoms with van der Waals surface area (Å²) in [7, 11) is 0. The number of para-hydroxylation sites is 1. The number of nitrogens with zero attached hydrogens (tertiary/aromatic N) is 1. The standard InChI is InChI=1S/C25H18ClFN2O4/c1-15-5-2-3-8-21(15)29-24(31)19(23(30)28-25(29)32)12-16-9-10-22(20(26)13-16)33-14-17-6-4-7-18(27)11-17/h2-13H,14H2,1H3,(H,28,30,32)/b19-12+. The number of anilines is 1. The molecule has 0 spiro atoms. The SMILES string of the molecule is Cc1ccccc1N1C(=O)NC(=O)/C(=C\c2ccc(OCc3cccc(F)c3)c(Cl)c2)C1=O. The Morgan fingerprint density at radius 2 is 1.82 bits per heavy atom. The van der Waals surface area contributed by atoms with Crippen LogP contribution in [0.3, 0.4) is 0 Å². The van der Waals surface area contributed by atoms with Gasteiger partial charge in [-0.1, -0.05) is 48.0 Å². The predicted octanol–water partition coefficient (Wildman–Crippen LogP) is 5.03. The molecule has 1 saturated heterocycles. The van der Waals surface area contributed by atoms with Crippen molar-refractivity contribution in [3.63, 3.8) is 0 Å². The normalized spacial score (nSPS) is 15.1. The number of rotatable bonds is 5. The minimum Gasteiger partial charge on any atom is -0.487 e. The van der Waals surface area contributed by atoms with Crippen molar-refractivity contribution in [2.75, 3.05) is 4.90 Å². The van der Waals surface area contributed by atoms with Crippen LogP contribution in [0.1, 0.15) is 16.7 Å². The van der Waals surface area contributed by atoms with Crippen molar-refractivity contribution in [1.82, 2.24) is 5.32 Å². The first kappa shape index (κ1) is 22.2. The summed E-state index contributed by atoms with van der Waals surface area (Å²) in [4.78, 5) is 38.7. The molecule has 0 bridgehead atoms. The van der Waals surface area contributed by atoms with Crippen LogP contribution in [0.2, 0.25) is 5.02 Å². The summed E-state index contributed by atoms with van der Waals surface area (Å²) in [6.45, 7) is 1.88. The Balaban J connectivity index is 1.57. The van der Waals surface area contributed by atoms with Gasteiger partial charge in [0.05, 0.1) is 10.7 Å². The lowest BCUT2D eigenvalue weighted by atomic mass is 10.1. The molecule has 8 heteroatoms. The summed E-state index contributed by atoms with van der Waals surface area (Å²) >= 11 is 6.31. The zero-order valence-corrected chi connectivity index (χ0v) is 18.2. The zero-order chi connectivity index (χ0) is 23.5. The highest BCUT2D eigenvalue weighted by Gasteiger charge is 2.37. The number of amides is 4. The van der Waals surface area contributed by atoms with Crippen LogP contribution in [0.15, 0.2) is 72.3 Å². The van der Waals surface area contributed by atoms with Gasteiger partial charge in [0.1, 0.15) is 23.7 Å². The third kappa shape index (κ3) is 4.78. The molecule has 0 saturated carbocycles. The van der Waals surface area contributed by atoms with Crippen LogP contribution in [0.5, 0.6) is 5.75 Å². The van der Waals surface area contributed by atoms with Crippen molar-refractivity contribution in [3.8, 4) is 5.75 Å². The molecule has 0 aliphatic carbocycles. The van der Waals surface area contributed by atoms with Crippen LogP contribution in [-0.4, -0.2) is 17.8 Å². The van der Waals surface area contributed by atoms with E-state index in [4.69, 9.17) is 16.3 Å². The summed E-state index contributed by atoms with van der Waals surface area (Å²) in [5.74, 6) is -1.53. The molecule has 3 aromatic carbocycles. The molecule has 0 unspecified atom stereocenters. The van der Waals surface area contributed by atoms with E-state index in [1.54, 1.807) is 55.5 Å². The summed E-state index contributed by atoms with van der Waals surface area (Å²) < 4.78 is 19.0. The van der Waals surface area contributed by atoms with Gasteiger partial charge in [0, 0.05) is 0 Å². The highest BCUT2D eigenvalue weighted by molar-refractivity contribution is 6.39. The van der Waals surface area contributed by atoms with Gasteiger partial charge < -0.3 is 4.74 Å². The van der Waals surface area contributed by atoms with Crippen molar-refractivity contribution in [2.24, 2.45) is 0 Å². The summed E-state index contributed by atoms with van der Waals surface area (Å²) in [6, 6.07) is 16.8. The smallest absolute Gasteiger partial charge is 0.335 e. The van der Waals surface area contributed by atoms with E-state index in [9.17, 15) is 18.8 Å². The topological polar surface area (TPSA) is 75.7 Å². The van der Waals surface area contributed by atoms with E-state index in [-0.39, 0.29) is 23.0 Å². The monoisotopic (exact) mass is 464 g/mol. The van der Waals surface area contributed by atoms with Gasteiger partial charge in [0.15, 0.2) is 0 Å². The Morgan fingerprint density at radius 1 is 1.03 bits per heavy atom. The Bertz CT molecular complexity index is 1310. The maximum atomic E-state index is 13.3. The first-order chi connectivity index (χ1) is 15.8. The van der Waals surface area contributed by atoms with E-state index in [2.05, 4.69) is 5.32 Å². The Morgan fingerprint density at radius 3 is 2.55 bits per heavy atom. The number of halogens is 2. The predicted molar refractivity (Wildman–Crippen MR) is 122 cm³/mol. The van der Waals surface area contributed by atoms with Gasteiger partial charge in [-0.25, -0.2) is 14.1 Å². The van der Waals surface area contributed by atoms with Crippen molar-refractivity contribution in [2.45, 2.75) is 13.5 Å². The third-order valence-electron chi connectivity index (χ3n) is 5.01. The molecule has 1 N–H and O–H groups in total. The number of hydrogen-bond donors (Lipinski definition) is 1. The first-order valence-corrected chi connectivity index (χ1v) is 10.3. The number of nitrogens with one attached hydrogen (secondary N) is 1. The molecule has 1 aliphatic heterocycles. The molecule has 0 radical (unpaired) electrons. The van der Waals surface area contributed by atoms with E-state index in [1.165, 1.54) is 24.3 Å². The highest BCUT2D eigenvalue weighted by Crippen LogP contribution is 2.29. The maximum absolute atomic E-state index is 13.3. The minimum absolute atomic E-state index is 0.117. The molecule has 1 aliphatic rings. The lowest BCUT2D eigenvalue weighted by Crippen LogP contribution is -2.54. The molecule has 0 atom stereocenters. The second-order valence-electron chi connectivity index (χ2n) is 7.35. The van der Waals surface area contributed by atoms with Gasteiger partial charge in [0.2, 0.25) is 0 Å². The second kappa shape index (κ2) is 9.26.